The van der Waals surface area contributed by atoms with Crippen LogP contribution in [0.4, 0.5) is 16.2 Å². The van der Waals surface area contributed by atoms with Crippen LogP contribution in [0.1, 0.15) is 24.5 Å². The van der Waals surface area contributed by atoms with Crippen molar-refractivity contribution in [3.8, 4) is 5.75 Å². The Morgan fingerprint density at radius 1 is 1.08 bits per heavy atom. The van der Waals surface area contributed by atoms with Crippen LogP contribution in [0.5, 0.6) is 5.75 Å². The van der Waals surface area contributed by atoms with Crippen LogP contribution in [0.15, 0.2) is 42.5 Å². The van der Waals surface area contributed by atoms with E-state index in [2.05, 4.69) is 5.32 Å². The SMILES string of the molecule is CC(=O)N(C(=O)NCCCOc1c(C)cccc1C)c1ccc(N)cc1. The van der Waals surface area contributed by atoms with Crippen molar-refractivity contribution < 1.29 is 14.3 Å². The molecular formula is C20H25N3O3. The summed E-state index contributed by atoms with van der Waals surface area (Å²) in [6, 6.07) is 12.1. The molecule has 2 rings (SSSR count). The van der Waals surface area contributed by atoms with Gasteiger partial charge in [0.1, 0.15) is 5.75 Å². The summed E-state index contributed by atoms with van der Waals surface area (Å²) in [5.41, 5.74) is 8.86. The minimum absolute atomic E-state index is 0.362. The lowest BCUT2D eigenvalue weighted by atomic mass is 10.1. The third-order valence-corrected chi connectivity index (χ3v) is 3.92. The summed E-state index contributed by atoms with van der Waals surface area (Å²) >= 11 is 0. The van der Waals surface area contributed by atoms with E-state index >= 15 is 0 Å². The van der Waals surface area contributed by atoms with Crippen molar-refractivity contribution >= 4 is 23.3 Å². The molecule has 3 N–H and O–H groups in total. The molecule has 0 spiro atoms. The molecule has 0 unspecified atom stereocenters. The quantitative estimate of drug-likeness (QED) is 0.614. The standard InChI is InChI=1S/C20H25N3O3/c1-14-6-4-7-15(2)19(14)26-13-5-12-22-20(25)23(16(3)24)18-10-8-17(21)9-11-18/h4,6-11H,5,12-13,21H2,1-3H3,(H,22,25). The third kappa shape index (κ3) is 4.99. The van der Waals surface area contributed by atoms with Gasteiger partial charge < -0.3 is 15.8 Å². The maximum Gasteiger partial charge on any atom is 0.328 e. The largest absolute Gasteiger partial charge is 0.493 e. The van der Waals surface area contributed by atoms with Crippen LogP contribution in [0.25, 0.3) is 0 Å². The van der Waals surface area contributed by atoms with Crippen molar-refractivity contribution in [2.75, 3.05) is 23.8 Å². The number of hydrogen-bond acceptors (Lipinski definition) is 4. The Kier molecular flexibility index (Phi) is 6.60. The molecule has 0 atom stereocenters. The van der Waals surface area contributed by atoms with Gasteiger partial charge in [-0.15, -0.1) is 0 Å². The van der Waals surface area contributed by atoms with E-state index in [1.54, 1.807) is 24.3 Å². The zero-order valence-corrected chi connectivity index (χ0v) is 15.4. The van der Waals surface area contributed by atoms with Crippen LogP contribution in [0, 0.1) is 13.8 Å². The number of benzene rings is 2. The number of nitrogens with two attached hydrogens (primary N) is 1. The average molecular weight is 355 g/mol. The Balaban J connectivity index is 1.85. The number of aryl methyl sites for hydroxylation is 2. The van der Waals surface area contributed by atoms with Crippen LogP contribution in [-0.2, 0) is 4.79 Å². The first-order valence-corrected chi connectivity index (χ1v) is 8.53. The zero-order valence-electron chi connectivity index (χ0n) is 15.4. The molecule has 0 fully saturated rings. The number of ether oxygens (including phenoxy) is 1. The van der Waals surface area contributed by atoms with Crippen LogP contribution < -0.4 is 20.7 Å². The summed E-state index contributed by atoms with van der Waals surface area (Å²) in [7, 11) is 0. The summed E-state index contributed by atoms with van der Waals surface area (Å²) in [5.74, 6) is 0.519. The van der Waals surface area contributed by atoms with Gasteiger partial charge in [-0.25, -0.2) is 9.69 Å². The summed E-state index contributed by atoms with van der Waals surface area (Å²) in [4.78, 5) is 25.3. The highest BCUT2D eigenvalue weighted by atomic mass is 16.5. The summed E-state index contributed by atoms with van der Waals surface area (Å²) in [6.07, 6.45) is 0.632. The molecule has 3 amide bonds. The van der Waals surface area contributed by atoms with Gasteiger partial charge in [0.15, 0.2) is 0 Å². The summed E-state index contributed by atoms with van der Waals surface area (Å²) in [5, 5.41) is 2.75. The molecule has 0 aromatic heterocycles. The third-order valence-electron chi connectivity index (χ3n) is 3.92. The lowest BCUT2D eigenvalue weighted by Gasteiger charge is -2.20. The molecule has 2 aromatic rings. The topological polar surface area (TPSA) is 84.7 Å². The number of anilines is 2. The second kappa shape index (κ2) is 8.89. The number of amides is 3. The van der Waals surface area contributed by atoms with Crippen molar-refractivity contribution in [3.05, 3.63) is 53.6 Å². The van der Waals surface area contributed by atoms with E-state index in [-0.39, 0.29) is 5.91 Å². The number of urea groups is 1. The Morgan fingerprint density at radius 3 is 2.27 bits per heavy atom. The van der Waals surface area contributed by atoms with Gasteiger partial charge in [0.2, 0.25) is 5.91 Å². The Morgan fingerprint density at radius 2 is 1.69 bits per heavy atom. The fraction of sp³-hybridized carbons (Fsp3) is 0.300. The molecule has 0 saturated heterocycles. The Hall–Kier alpha value is -3.02. The molecule has 0 aliphatic rings. The lowest BCUT2D eigenvalue weighted by molar-refractivity contribution is -0.115. The fourth-order valence-corrected chi connectivity index (χ4v) is 2.61. The van der Waals surface area contributed by atoms with Crippen molar-refractivity contribution in [2.24, 2.45) is 0 Å². The molecule has 26 heavy (non-hydrogen) atoms. The first kappa shape index (κ1) is 19.3. The predicted octanol–water partition coefficient (Wildman–Crippen LogP) is 3.42. The second-order valence-electron chi connectivity index (χ2n) is 6.10. The van der Waals surface area contributed by atoms with Crippen molar-refractivity contribution in [2.45, 2.75) is 27.2 Å². The molecule has 138 valence electrons. The monoisotopic (exact) mass is 355 g/mol. The number of nitrogen functional groups attached to an aromatic ring is 1. The van der Waals surface area contributed by atoms with Crippen LogP contribution in [0.2, 0.25) is 0 Å². The van der Waals surface area contributed by atoms with E-state index in [1.807, 2.05) is 32.0 Å². The van der Waals surface area contributed by atoms with E-state index in [0.29, 0.717) is 30.9 Å². The van der Waals surface area contributed by atoms with Gasteiger partial charge in [0, 0.05) is 19.2 Å². The molecule has 0 aliphatic heterocycles. The van der Waals surface area contributed by atoms with Crippen molar-refractivity contribution in [1.82, 2.24) is 5.32 Å². The number of rotatable bonds is 6. The highest BCUT2D eigenvalue weighted by molar-refractivity contribution is 6.13. The molecule has 0 aliphatic carbocycles. The van der Waals surface area contributed by atoms with Gasteiger partial charge in [-0.3, -0.25) is 4.79 Å². The maximum atomic E-state index is 12.3. The second-order valence-corrected chi connectivity index (χ2v) is 6.10. The smallest absolute Gasteiger partial charge is 0.328 e. The minimum atomic E-state index is -0.464. The first-order chi connectivity index (χ1) is 12.4. The number of imide groups is 1. The van der Waals surface area contributed by atoms with Gasteiger partial charge in [0.05, 0.1) is 12.3 Å². The Bertz CT molecular complexity index is 752. The molecule has 2 aromatic carbocycles. The zero-order chi connectivity index (χ0) is 19.1. The number of nitrogens with one attached hydrogen (secondary N) is 1. The maximum absolute atomic E-state index is 12.3. The van der Waals surface area contributed by atoms with Crippen molar-refractivity contribution in [3.63, 3.8) is 0 Å². The fourth-order valence-electron chi connectivity index (χ4n) is 2.61. The van der Waals surface area contributed by atoms with E-state index < -0.39 is 6.03 Å². The number of hydrogen-bond donors (Lipinski definition) is 2. The lowest BCUT2D eigenvalue weighted by Crippen LogP contribution is -2.43. The van der Waals surface area contributed by atoms with E-state index in [0.717, 1.165) is 21.8 Å². The molecule has 0 heterocycles. The summed E-state index contributed by atoms with van der Waals surface area (Å²) < 4.78 is 5.81. The number of carbonyl (C=O) groups is 2. The van der Waals surface area contributed by atoms with Crippen LogP contribution >= 0.6 is 0 Å². The average Bonchev–Trinajstić information content (AvgIpc) is 2.58. The highest BCUT2D eigenvalue weighted by Crippen LogP contribution is 2.22. The Labute approximate surface area is 153 Å². The predicted molar refractivity (Wildman–Crippen MR) is 103 cm³/mol. The molecule has 0 radical (unpaired) electrons. The van der Waals surface area contributed by atoms with Crippen LogP contribution in [0.3, 0.4) is 0 Å². The van der Waals surface area contributed by atoms with Crippen molar-refractivity contribution in [1.29, 1.82) is 0 Å². The van der Waals surface area contributed by atoms with Gasteiger partial charge in [-0.1, -0.05) is 18.2 Å². The molecular weight excluding hydrogens is 330 g/mol. The van der Waals surface area contributed by atoms with Gasteiger partial charge >= 0.3 is 6.03 Å². The van der Waals surface area contributed by atoms with E-state index in [4.69, 9.17) is 10.5 Å². The van der Waals surface area contributed by atoms with E-state index in [1.165, 1.54) is 6.92 Å². The highest BCUT2D eigenvalue weighted by Gasteiger charge is 2.19. The molecule has 0 saturated carbocycles. The van der Waals surface area contributed by atoms with Gasteiger partial charge in [0.25, 0.3) is 0 Å². The number of nitrogens with zero attached hydrogens (tertiary/aromatic N) is 1. The van der Waals surface area contributed by atoms with E-state index in [9.17, 15) is 9.59 Å². The first-order valence-electron chi connectivity index (χ1n) is 8.53. The molecule has 0 bridgehead atoms. The number of para-hydroxylation sites is 1. The number of carbonyl (C=O) groups excluding carboxylic acids is 2. The minimum Gasteiger partial charge on any atom is -0.493 e. The molecule has 6 heteroatoms. The van der Waals surface area contributed by atoms with Gasteiger partial charge in [-0.2, -0.15) is 0 Å². The molecule has 6 nitrogen and oxygen atoms in total. The van der Waals surface area contributed by atoms with Gasteiger partial charge in [-0.05, 0) is 55.7 Å². The normalized spacial score (nSPS) is 10.3. The van der Waals surface area contributed by atoms with Crippen LogP contribution in [-0.4, -0.2) is 25.1 Å². The summed E-state index contributed by atoms with van der Waals surface area (Å²) in [6.45, 7) is 6.24.